The summed E-state index contributed by atoms with van der Waals surface area (Å²) in [5.74, 6) is 0.0820. The maximum Gasteiger partial charge on any atom is 0.241 e. The summed E-state index contributed by atoms with van der Waals surface area (Å²) in [6.07, 6.45) is 3.20. The van der Waals surface area contributed by atoms with E-state index >= 15 is 0 Å². The summed E-state index contributed by atoms with van der Waals surface area (Å²) in [5, 5.41) is 0. The van der Waals surface area contributed by atoms with Crippen LogP contribution < -0.4 is 5.73 Å². The van der Waals surface area contributed by atoms with E-state index in [9.17, 15) is 4.79 Å². The van der Waals surface area contributed by atoms with E-state index in [-0.39, 0.29) is 11.9 Å². The minimum Gasteiger partial charge on any atom is -0.381 e. The molecule has 0 radical (unpaired) electrons. The quantitative estimate of drug-likeness (QED) is 0.477. The Hall–Kier alpha value is -0.610. The van der Waals surface area contributed by atoms with Crippen LogP contribution in [0.5, 0.6) is 0 Å². The Morgan fingerprint density at radius 3 is 2.79 bits per heavy atom. The van der Waals surface area contributed by atoms with Crippen LogP contribution in [-0.4, -0.2) is 43.2 Å². The number of hydrogen-bond acceptors (Lipinski definition) is 3. The molecule has 4 heteroatoms. The van der Waals surface area contributed by atoms with Crippen molar-refractivity contribution < 1.29 is 9.53 Å². The van der Waals surface area contributed by atoms with E-state index < -0.39 is 0 Å². The minimum atomic E-state index is -0.240. The van der Waals surface area contributed by atoms with Crippen LogP contribution in [0.4, 0.5) is 0 Å². The molecule has 1 rings (SSSR count). The highest BCUT2D eigenvalue weighted by molar-refractivity contribution is 5.87. The zero-order valence-electron chi connectivity index (χ0n) is 8.87. The Bertz CT molecular complexity index is 185. The lowest BCUT2D eigenvalue weighted by Gasteiger charge is -2.36. The van der Waals surface area contributed by atoms with Gasteiger partial charge in [-0.2, -0.15) is 0 Å². The molecular formula is C10H20N2O2. The number of likely N-dealkylation sites (tertiary alicyclic amines) is 1. The smallest absolute Gasteiger partial charge is 0.241 e. The van der Waals surface area contributed by atoms with Crippen molar-refractivity contribution in [3.05, 3.63) is 0 Å². The predicted molar refractivity (Wildman–Crippen MR) is 54.9 cm³/mol. The number of rotatable bonds is 7. The zero-order valence-corrected chi connectivity index (χ0v) is 8.87. The summed E-state index contributed by atoms with van der Waals surface area (Å²) >= 11 is 0. The van der Waals surface area contributed by atoms with Crippen LogP contribution in [0.1, 0.15) is 26.2 Å². The van der Waals surface area contributed by atoms with Crippen LogP contribution in [0.15, 0.2) is 0 Å². The highest BCUT2D eigenvalue weighted by Crippen LogP contribution is 2.07. The van der Waals surface area contributed by atoms with Gasteiger partial charge < -0.3 is 15.4 Å². The third-order valence-corrected chi connectivity index (χ3v) is 2.40. The third-order valence-electron chi connectivity index (χ3n) is 2.40. The number of nitrogens with zero attached hydrogens (tertiary/aromatic N) is 1. The van der Waals surface area contributed by atoms with E-state index in [2.05, 4.69) is 6.92 Å². The molecule has 0 aromatic carbocycles. The molecule has 0 aromatic heterocycles. The van der Waals surface area contributed by atoms with Gasteiger partial charge in [0.15, 0.2) is 0 Å². The summed E-state index contributed by atoms with van der Waals surface area (Å²) in [4.78, 5) is 12.9. The van der Waals surface area contributed by atoms with Crippen molar-refractivity contribution in [1.29, 1.82) is 0 Å². The van der Waals surface area contributed by atoms with Crippen LogP contribution in [0.25, 0.3) is 0 Å². The molecular weight excluding hydrogens is 180 g/mol. The molecule has 82 valence electrons. The van der Waals surface area contributed by atoms with Gasteiger partial charge >= 0.3 is 0 Å². The number of ether oxygens (including phenoxy) is 1. The normalized spacial score (nSPS) is 21.1. The van der Waals surface area contributed by atoms with E-state index in [0.29, 0.717) is 6.54 Å². The number of nitrogens with two attached hydrogens (primary N) is 1. The molecule has 4 nitrogen and oxygen atoms in total. The van der Waals surface area contributed by atoms with Gasteiger partial charge in [0.25, 0.3) is 0 Å². The van der Waals surface area contributed by atoms with Crippen molar-refractivity contribution >= 4 is 5.91 Å². The average Bonchev–Trinajstić information content (AvgIpc) is 2.21. The van der Waals surface area contributed by atoms with Crippen LogP contribution in [0.2, 0.25) is 0 Å². The second kappa shape index (κ2) is 5.98. The van der Waals surface area contributed by atoms with Gasteiger partial charge in [-0.15, -0.1) is 0 Å². The van der Waals surface area contributed by atoms with Gasteiger partial charge in [-0.3, -0.25) is 4.79 Å². The molecule has 0 aliphatic carbocycles. The Morgan fingerprint density at radius 2 is 2.21 bits per heavy atom. The summed E-state index contributed by atoms with van der Waals surface area (Å²) < 4.78 is 5.39. The Kier molecular flexibility index (Phi) is 4.90. The Morgan fingerprint density at radius 1 is 1.50 bits per heavy atom. The highest BCUT2D eigenvalue weighted by Gasteiger charge is 2.32. The first-order valence-corrected chi connectivity index (χ1v) is 5.37. The first kappa shape index (κ1) is 11.5. The number of carbonyl (C=O) groups excluding carboxylic acids is 1. The number of hydrogen-bond donors (Lipinski definition) is 1. The largest absolute Gasteiger partial charge is 0.381 e. The predicted octanol–water partition coefficient (Wildman–Crippen LogP) is 0.363. The molecule has 1 fully saturated rings. The van der Waals surface area contributed by atoms with Crippen LogP contribution in [0.3, 0.4) is 0 Å². The first-order chi connectivity index (χ1) is 6.75. The fourth-order valence-electron chi connectivity index (χ4n) is 1.43. The van der Waals surface area contributed by atoms with Crippen molar-refractivity contribution in [1.82, 2.24) is 4.90 Å². The van der Waals surface area contributed by atoms with Gasteiger partial charge in [-0.05, 0) is 12.8 Å². The molecule has 1 aliphatic heterocycles. The van der Waals surface area contributed by atoms with Crippen molar-refractivity contribution in [2.24, 2.45) is 5.73 Å². The molecule has 1 unspecified atom stereocenters. The standard InChI is InChI=1S/C10H20N2O2/c1-2-3-6-14-7-4-5-12-8-9(11)10(12)13/h9H,2-8,11H2,1H3. The highest BCUT2D eigenvalue weighted by atomic mass is 16.5. The van der Waals surface area contributed by atoms with Crippen LogP contribution in [-0.2, 0) is 9.53 Å². The van der Waals surface area contributed by atoms with Gasteiger partial charge in [-0.25, -0.2) is 0 Å². The molecule has 0 saturated carbocycles. The van der Waals surface area contributed by atoms with Crippen molar-refractivity contribution in [2.45, 2.75) is 32.2 Å². The van der Waals surface area contributed by atoms with Crippen molar-refractivity contribution in [2.75, 3.05) is 26.3 Å². The fraction of sp³-hybridized carbons (Fsp3) is 0.900. The minimum absolute atomic E-state index is 0.0820. The average molecular weight is 200 g/mol. The topological polar surface area (TPSA) is 55.6 Å². The molecule has 0 bridgehead atoms. The van der Waals surface area contributed by atoms with Gasteiger partial charge in [0.1, 0.15) is 6.04 Å². The molecule has 1 atom stereocenters. The molecule has 2 N–H and O–H groups in total. The molecule has 1 amide bonds. The first-order valence-electron chi connectivity index (χ1n) is 5.37. The van der Waals surface area contributed by atoms with Crippen LogP contribution in [0, 0.1) is 0 Å². The Balaban J connectivity index is 1.87. The van der Waals surface area contributed by atoms with E-state index in [1.807, 2.05) is 0 Å². The number of β-lactam (4-membered cyclic amide) rings is 1. The maximum absolute atomic E-state index is 11.1. The number of amides is 1. The van der Waals surface area contributed by atoms with Gasteiger partial charge in [0.05, 0.1) is 0 Å². The molecule has 1 saturated heterocycles. The summed E-state index contributed by atoms with van der Waals surface area (Å²) in [5.41, 5.74) is 5.46. The molecule has 1 aliphatic rings. The van der Waals surface area contributed by atoms with Crippen LogP contribution >= 0.6 is 0 Å². The lowest BCUT2D eigenvalue weighted by molar-refractivity contribution is -0.142. The third kappa shape index (κ3) is 3.27. The second-order valence-electron chi connectivity index (χ2n) is 3.71. The summed E-state index contributed by atoms with van der Waals surface area (Å²) in [6.45, 7) is 5.24. The zero-order chi connectivity index (χ0) is 10.4. The monoisotopic (exact) mass is 200 g/mol. The maximum atomic E-state index is 11.1. The van der Waals surface area contributed by atoms with E-state index in [4.69, 9.17) is 10.5 Å². The number of unbranched alkanes of at least 4 members (excludes halogenated alkanes) is 1. The number of carbonyl (C=O) groups is 1. The van der Waals surface area contributed by atoms with Gasteiger partial charge in [0, 0.05) is 26.3 Å². The van der Waals surface area contributed by atoms with E-state index in [1.54, 1.807) is 4.90 Å². The molecule has 0 spiro atoms. The SMILES string of the molecule is CCCCOCCCN1CC(N)C1=O. The fourth-order valence-corrected chi connectivity index (χ4v) is 1.43. The van der Waals surface area contributed by atoms with Crippen molar-refractivity contribution in [3.8, 4) is 0 Å². The van der Waals surface area contributed by atoms with E-state index in [1.165, 1.54) is 6.42 Å². The lowest BCUT2D eigenvalue weighted by atomic mass is 10.1. The molecule has 1 heterocycles. The Labute approximate surface area is 85.4 Å². The molecule has 14 heavy (non-hydrogen) atoms. The van der Waals surface area contributed by atoms with Crippen molar-refractivity contribution in [3.63, 3.8) is 0 Å². The molecule has 0 aromatic rings. The lowest BCUT2D eigenvalue weighted by Crippen LogP contribution is -2.61. The van der Waals surface area contributed by atoms with Gasteiger partial charge in [0.2, 0.25) is 5.91 Å². The van der Waals surface area contributed by atoms with E-state index in [0.717, 1.165) is 32.6 Å². The van der Waals surface area contributed by atoms with Gasteiger partial charge in [-0.1, -0.05) is 13.3 Å². The second-order valence-corrected chi connectivity index (χ2v) is 3.71. The summed E-state index contributed by atoms with van der Waals surface area (Å²) in [6, 6.07) is -0.240. The summed E-state index contributed by atoms with van der Waals surface area (Å²) in [7, 11) is 0.